The van der Waals surface area contributed by atoms with E-state index in [1.165, 1.54) is 10.4 Å². The number of nitrogens with one attached hydrogen (secondary N) is 1. The van der Waals surface area contributed by atoms with Gasteiger partial charge in [0, 0.05) is 11.4 Å². The topological polar surface area (TPSA) is 21.3 Å². The van der Waals surface area contributed by atoms with E-state index < -0.39 is 0 Å². The third-order valence-corrected chi connectivity index (χ3v) is 4.60. The van der Waals surface area contributed by atoms with Crippen LogP contribution in [0, 0.1) is 0 Å². The molecular weight excluding hydrogens is 390 g/mol. The van der Waals surface area contributed by atoms with E-state index in [0.717, 1.165) is 27.8 Å². The van der Waals surface area contributed by atoms with Crippen LogP contribution in [0.3, 0.4) is 0 Å². The molecule has 1 aromatic carbocycles. The van der Waals surface area contributed by atoms with Crippen molar-refractivity contribution < 1.29 is 4.74 Å². The number of benzene rings is 1. The molecule has 0 aliphatic rings. The van der Waals surface area contributed by atoms with Gasteiger partial charge in [0.05, 0.1) is 8.95 Å². The lowest BCUT2D eigenvalue weighted by atomic mass is 10.2. The Hall–Kier alpha value is -0.360. The number of halogens is 2. The summed E-state index contributed by atoms with van der Waals surface area (Å²) < 4.78 is 7.82. The molecule has 1 aromatic heterocycles. The summed E-state index contributed by atoms with van der Waals surface area (Å²) in [4.78, 5) is 1.22. The van der Waals surface area contributed by atoms with Gasteiger partial charge in [-0.2, -0.15) is 0 Å². The quantitative estimate of drug-likeness (QED) is 0.734. The Morgan fingerprint density at radius 3 is 2.58 bits per heavy atom. The number of hydrogen-bond donors (Lipinski definition) is 1. The van der Waals surface area contributed by atoms with Crippen molar-refractivity contribution in [2.24, 2.45) is 0 Å². The Bertz CT molecular complexity index is 505. The molecule has 0 amide bonds. The third-order valence-electron chi connectivity index (χ3n) is 2.58. The van der Waals surface area contributed by atoms with Crippen LogP contribution >= 0.6 is 43.2 Å². The zero-order chi connectivity index (χ0) is 13.7. The van der Waals surface area contributed by atoms with Gasteiger partial charge in [0.25, 0.3) is 0 Å². The van der Waals surface area contributed by atoms with E-state index in [9.17, 15) is 0 Å². The van der Waals surface area contributed by atoms with E-state index in [1.807, 2.05) is 6.07 Å². The summed E-state index contributed by atoms with van der Waals surface area (Å²) in [5.74, 6) is 0.855. The molecule has 0 aliphatic heterocycles. The van der Waals surface area contributed by atoms with E-state index >= 15 is 0 Å². The standard InChI is InChI=1S/C14H15Br2NOS/c1-2-17-8-10-6-12(15)14(13(16)7-10)18-9-11-4-3-5-19-11/h3-7,17H,2,8-9H2,1H3. The fourth-order valence-corrected chi connectivity index (χ4v) is 3.79. The van der Waals surface area contributed by atoms with Crippen molar-refractivity contribution in [3.05, 3.63) is 49.0 Å². The zero-order valence-corrected chi connectivity index (χ0v) is 14.6. The fraction of sp³-hybridized carbons (Fsp3) is 0.286. The molecule has 5 heteroatoms. The Morgan fingerprint density at radius 2 is 2.00 bits per heavy atom. The van der Waals surface area contributed by atoms with Gasteiger partial charge in [0.2, 0.25) is 0 Å². The SMILES string of the molecule is CCNCc1cc(Br)c(OCc2cccs2)c(Br)c1. The second kappa shape index (κ2) is 7.43. The van der Waals surface area contributed by atoms with Crippen LogP contribution in [-0.2, 0) is 13.2 Å². The van der Waals surface area contributed by atoms with Crippen LogP contribution in [0.15, 0.2) is 38.6 Å². The maximum absolute atomic E-state index is 5.87. The van der Waals surface area contributed by atoms with Crippen molar-refractivity contribution in [3.8, 4) is 5.75 Å². The average molecular weight is 405 g/mol. The van der Waals surface area contributed by atoms with E-state index in [1.54, 1.807) is 11.3 Å². The van der Waals surface area contributed by atoms with Crippen molar-refractivity contribution in [1.82, 2.24) is 5.32 Å². The van der Waals surface area contributed by atoms with Crippen LogP contribution in [0.1, 0.15) is 17.4 Å². The van der Waals surface area contributed by atoms with Crippen molar-refractivity contribution in [2.45, 2.75) is 20.1 Å². The minimum atomic E-state index is 0.599. The maximum Gasteiger partial charge on any atom is 0.148 e. The van der Waals surface area contributed by atoms with Gasteiger partial charge in [-0.25, -0.2) is 0 Å². The van der Waals surface area contributed by atoms with Gasteiger partial charge in [-0.1, -0.05) is 13.0 Å². The number of hydrogen-bond acceptors (Lipinski definition) is 3. The average Bonchev–Trinajstić information content (AvgIpc) is 2.88. The molecule has 1 heterocycles. The predicted octanol–water partition coefficient (Wildman–Crippen LogP) is 4.96. The van der Waals surface area contributed by atoms with Crippen molar-refractivity contribution in [3.63, 3.8) is 0 Å². The monoisotopic (exact) mass is 403 g/mol. The molecule has 0 bridgehead atoms. The highest BCUT2D eigenvalue weighted by atomic mass is 79.9. The smallest absolute Gasteiger partial charge is 0.148 e. The van der Waals surface area contributed by atoms with Crippen molar-refractivity contribution >= 4 is 43.2 Å². The molecule has 1 N–H and O–H groups in total. The summed E-state index contributed by atoms with van der Waals surface area (Å²) in [7, 11) is 0. The molecule has 2 nitrogen and oxygen atoms in total. The first kappa shape index (κ1) is 15.0. The first-order valence-electron chi connectivity index (χ1n) is 6.04. The molecule has 0 fully saturated rings. The Balaban J connectivity index is 2.08. The van der Waals surface area contributed by atoms with Crippen LogP contribution < -0.4 is 10.1 Å². The van der Waals surface area contributed by atoms with Gasteiger partial charge in [-0.05, 0) is 67.5 Å². The molecule has 0 saturated carbocycles. The first-order chi connectivity index (χ1) is 9.20. The molecule has 2 aromatic rings. The second-order valence-electron chi connectivity index (χ2n) is 4.04. The Labute approximate surface area is 134 Å². The van der Waals surface area contributed by atoms with Crippen molar-refractivity contribution in [2.75, 3.05) is 6.54 Å². The van der Waals surface area contributed by atoms with Gasteiger partial charge < -0.3 is 10.1 Å². The van der Waals surface area contributed by atoms with Crippen LogP contribution in [0.4, 0.5) is 0 Å². The largest absolute Gasteiger partial charge is 0.486 e. The van der Waals surface area contributed by atoms with Crippen LogP contribution in [0.2, 0.25) is 0 Å². The van der Waals surface area contributed by atoms with Gasteiger partial charge in [-0.15, -0.1) is 11.3 Å². The summed E-state index contributed by atoms with van der Waals surface area (Å²) in [5.41, 5.74) is 1.23. The van der Waals surface area contributed by atoms with Crippen LogP contribution in [0.25, 0.3) is 0 Å². The molecule has 2 rings (SSSR count). The second-order valence-corrected chi connectivity index (χ2v) is 6.78. The lowest BCUT2D eigenvalue weighted by Gasteiger charge is -2.12. The van der Waals surface area contributed by atoms with Gasteiger partial charge in [0.15, 0.2) is 0 Å². The third kappa shape index (κ3) is 4.31. The lowest BCUT2D eigenvalue weighted by molar-refractivity contribution is 0.305. The highest BCUT2D eigenvalue weighted by Gasteiger charge is 2.09. The lowest BCUT2D eigenvalue weighted by Crippen LogP contribution is -2.11. The molecule has 0 saturated heterocycles. The summed E-state index contributed by atoms with van der Waals surface area (Å²) >= 11 is 8.85. The molecule has 0 spiro atoms. The summed E-state index contributed by atoms with van der Waals surface area (Å²) in [6, 6.07) is 8.30. The fourth-order valence-electron chi connectivity index (χ4n) is 1.66. The highest BCUT2D eigenvalue weighted by Crippen LogP contribution is 2.35. The molecule has 102 valence electrons. The summed E-state index contributed by atoms with van der Waals surface area (Å²) in [5, 5.41) is 5.37. The van der Waals surface area contributed by atoms with Crippen LogP contribution in [0.5, 0.6) is 5.75 Å². The maximum atomic E-state index is 5.87. The molecule has 19 heavy (non-hydrogen) atoms. The number of rotatable bonds is 6. The molecular formula is C14H15Br2NOS. The van der Waals surface area contributed by atoms with Gasteiger partial charge in [0.1, 0.15) is 12.4 Å². The molecule has 0 unspecified atom stereocenters. The van der Waals surface area contributed by atoms with Gasteiger partial charge >= 0.3 is 0 Å². The van der Waals surface area contributed by atoms with E-state index in [2.05, 4.69) is 67.7 Å². The number of thiophene rings is 1. The van der Waals surface area contributed by atoms with E-state index in [-0.39, 0.29) is 0 Å². The minimum absolute atomic E-state index is 0.599. The zero-order valence-electron chi connectivity index (χ0n) is 10.6. The first-order valence-corrected chi connectivity index (χ1v) is 8.51. The Kier molecular flexibility index (Phi) is 5.88. The predicted molar refractivity (Wildman–Crippen MR) is 87.9 cm³/mol. The van der Waals surface area contributed by atoms with Crippen LogP contribution in [-0.4, -0.2) is 6.54 Å². The summed E-state index contributed by atoms with van der Waals surface area (Å²) in [6.07, 6.45) is 0. The summed E-state index contributed by atoms with van der Waals surface area (Å²) in [6.45, 7) is 4.52. The Morgan fingerprint density at radius 1 is 1.26 bits per heavy atom. The normalized spacial score (nSPS) is 10.7. The van der Waals surface area contributed by atoms with E-state index in [0.29, 0.717) is 6.61 Å². The number of ether oxygens (including phenoxy) is 1. The van der Waals surface area contributed by atoms with Crippen molar-refractivity contribution in [1.29, 1.82) is 0 Å². The minimum Gasteiger partial charge on any atom is -0.486 e. The molecule has 0 aliphatic carbocycles. The molecule has 0 atom stereocenters. The van der Waals surface area contributed by atoms with Gasteiger partial charge in [-0.3, -0.25) is 0 Å². The highest BCUT2D eigenvalue weighted by molar-refractivity contribution is 9.11. The van der Waals surface area contributed by atoms with E-state index in [4.69, 9.17) is 4.74 Å². The molecule has 0 radical (unpaired) electrons.